The van der Waals surface area contributed by atoms with Crippen LogP contribution in [0.3, 0.4) is 0 Å². The molecule has 0 unspecified atom stereocenters. The predicted molar refractivity (Wildman–Crippen MR) is 42.4 cm³/mol. The average molecular weight is 159 g/mol. The van der Waals surface area contributed by atoms with Crippen molar-refractivity contribution in [2.45, 2.75) is 26.2 Å². The highest BCUT2D eigenvalue weighted by atomic mass is 35.5. The molecule has 56 valence electrons. The van der Waals surface area contributed by atoms with Crippen molar-refractivity contribution < 1.29 is 4.42 Å². The molecule has 1 aromatic rings. The standard InChI is InChI=1S/C8H11ClO/c1-3-6(2)8-4-7(9)5-10-8/h4-6H,3H2,1-2H3/t6-/m1/s1. The predicted octanol–water partition coefficient (Wildman–Crippen LogP) is 3.45. The lowest BCUT2D eigenvalue weighted by Gasteiger charge is -2.01. The Labute approximate surface area is 66.0 Å². The van der Waals surface area contributed by atoms with Crippen LogP contribution in [0.4, 0.5) is 0 Å². The average Bonchev–Trinajstić information content (AvgIpc) is 2.34. The van der Waals surface area contributed by atoms with Crippen LogP contribution in [0.25, 0.3) is 0 Å². The summed E-state index contributed by atoms with van der Waals surface area (Å²) in [6.45, 7) is 4.25. The molecule has 0 amide bonds. The molecule has 0 aliphatic rings. The molecule has 1 atom stereocenters. The van der Waals surface area contributed by atoms with Gasteiger partial charge in [-0.2, -0.15) is 0 Å². The third-order valence-electron chi connectivity index (χ3n) is 1.69. The van der Waals surface area contributed by atoms with Gasteiger partial charge >= 0.3 is 0 Å². The van der Waals surface area contributed by atoms with Crippen molar-refractivity contribution in [3.8, 4) is 0 Å². The van der Waals surface area contributed by atoms with E-state index in [1.807, 2.05) is 6.07 Å². The first-order chi connectivity index (χ1) is 4.74. The molecule has 0 saturated carbocycles. The molecule has 1 aromatic heterocycles. The summed E-state index contributed by atoms with van der Waals surface area (Å²) in [7, 11) is 0. The van der Waals surface area contributed by atoms with E-state index in [0.717, 1.165) is 12.2 Å². The number of halogens is 1. The lowest BCUT2D eigenvalue weighted by molar-refractivity contribution is 0.469. The topological polar surface area (TPSA) is 13.1 Å². The summed E-state index contributed by atoms with van der Waals surface area (Å²) < 4.78 is 5.18. The van der Waals surface area contributed by atoms with E-state index in [0.29, 0.717) is 10.9 Å². The van der Waals surface area contributed by atoms with Crippen LogP contribution >= 0.6 is 11.6 Å². The fraction of sp³-hybridized carbons (Fsp3) is 0.500. The van der Waals surface area contributed by atoms with E-state index in [2.05, 4.69) is 13.8 Å². The van der Waals surface area contributed by atoms with Crippen molar-refractivity contribution in [2.75, 3.05) is 0 Å². The van der Waals surface area contributed by atoms with E-state index >= 15 is 0 Å². The van der Waals surface area contributed by atoms with Crippen LogP contribution in [0, 0.1) is 0 Å². The first-order valence-corrected chi connectivity index (χ1v) is 3.85. The van der Waals surface area contributed by atoms with Crippen molar-refractivity contribution in [3.63, 3.8) is 0 Å². The number of hydrogen-bond donors (Lipinski definition) is 0. The van der Waals surface area contributed by atoms with Crippen LogP contribution in [0.1, 0.15) is 31.9 Å². The minimum absolute atomic E-state index is 0.479. The molecule has 0 bridgehead atoms. The molecule has 0 aliphatic carbocycles. The summed E-state index contributed by atoms with van der Waals surface area (Å²) in [6, 6.07) is 1.87. The van der Waals surface area contributed by atoms with Crippen LogP contribution in [-0.2, 0) is 0 Å². The first-order valence-electron chi connectivity index (χ1n) is 3.48. The molecule has 0 saturated heterocycles. The Hall–Kier alpha value is -0.430. The van der Waals surface area contributed by atoms with Crippen LogP contribution in [-0.4, -0.2) is 0 Å². The molecule has 0 fully saturated rings. The zero-order chi connectivity index (χ0) is 7.56. The molecule has 0 radical (unpaired) electrons. The summed E-state index contributed by atoms with van der Waals surface area (Å²) in [5, 5.41) is 0.690. The molecule has 1 heterocycles. The summed E-state index contributed by atoms with van der Waals surface area (Å²) in [4.78, 5) is 0. The molecule has 1 rings (SSSR count). The van der Waals surface area contributed by atoms with Crippen LogP contribution in [0.5, 0.6) is 0 Å². The van der Waals surface area contributed by atoms with Gasteiger partial charge < -0.3 is 4.42 Å². The lowest BCUT2D eigenvalue weighted by Crippen LogP contribution is -1.86. The van der Waals surface area contributed by atoms with Gasteiger partial charge in [0.15, 0.2) is 0 Å². The first kappa shape index (κ1) is 7.67. The lowest BCUT2D eigenvalue weighted by atomic mass is 10.1. The van der Waals surface area contributed by atoms with Crippen LogP contribution in [0.15, 0.2) is 16.7 Å². The molecular formula is C8H11ClO. The highest BCUT2D eigenvalue weighted by Gasteiger charge is 2.06. The van der Waals surface area contributed by atoms with E-state index in [9.17, 15) is 0 Å². The van der Waals surface area contributed by atoms with Crippen molar-refractivity contribution >= 4 is 11.6 Å². The Morgan fingerprint density at radius 1 is 1.70 bits per heavy atom. The van der Waals surface area contributed by atoms with Gasteiger partial charge in [-0.1, -0.05) is 25.4 Å². The van der Waals surface area contributed by atoms with Gasteiger partial charge in [0.25, 0.3) is 0 Å². The number of furan rings is 1. The monoisotopic (exact) mass is 158 g/mol. The second-order valence-electron chi connectivity index (χ2n) is 2.48. The fourth-order valence-corrected chi connectivity index (χ4v) is 0.940. The molecule has 1 nitrogen and oxygen atoms in total. The smallest absolute Gasteiger partial charge is 0.109 e. The Bertz CT molecular complexity index is 205. The zero-order valence-corrected chi connectivity index (χ0v) is 6.98. The van der Waals surface area contributed by atoms with Gasteiger partial charge in [0.1, 0.15) is 12.0 Å². The van der Waals surface area contributed by atoms with Gasteiger partial charge in [-0.15, -0.1) is 0 Å². The minimum Gasteiger partial charge on any atom is -0.467 e. The van der Waals surface area contributed by atoms with E-state index in [4.69, 9.17) is 16.0 Å². The molecule has 10 heavy (non-hydrogen) atoms. The Balaban J connectivity index is 2.74. The maximum absolute atomic E-state index is 5.67. The summed E-state index contributed by atoms with van der Waals surface area (Å²) in [5.41, 5.74) is 0. The highest BCUT2D eigenvalue weighted by Crippen LogP contribution is 2.23. The van der Waals surface area contributed by atoms with Gasteiger partial charge in [0.05, 0.1) is 5.02 Å². The quantitative estimate of drug-likeness (QED) is 0.643. The minimum atomic E-state index is 0.479. The number of hydrogen-bond acceptors (Lipinski definition) is 1. The zero-order valence-electron chi connectivity index (χ0n) is 6.23. The van der Waals surface area contributed by atoms with Crippen molar-refractivity contribution in [3.05, 3.63) is 23.1 Å². The Morgan fingerprint density at radius 3 is 2.80 bits per heavy atom. The molecular weight excluding hydrogens is 148 g/mol. The van der Waals surface area contributed by atoms with Crippen LogP contribution in [0.2, 0.25) is 5.02 Å². The third-order valence-corrected chi connectivity index (χ3v) is 1.88. The SMILES string of the molecule is CC[C@@H](C)c1cc(Cl)co1. The molecule has 2 heteroatoms. The fourth-order valence-electron chi connectivity index (χ4n) is 0.788. The second-order valence-corrected chi connectivity index (χ2v) is 2.91. The summed E-state index contributed by atoms with van der Waals surface area (Å²) in [6.07, 6.45) is 2.66. The maximum Gasteiger partial charge on any atom is 0.109 e. The van der Waals surface area contributed by atoms with Gasteiger partial charge in [-0.05, 0) is 12.5 Å². The highest BCUT2D eigenvalue weighted by molar-refractivity contribution is 6.30. The molecule has 0 spiro atoms. The van der Waals surface area contributed by atoms with E-state index < -0.39 is 0 Å². The number of rotatable bonds is 2. The largest absolute Gasteiger partial charge is 0.467 e. The van der Waals surface area contributed by atoms with Crippen LogP contribution < -0.4 is 0 Å². The van der Waals surface area contributed by atoms with Gasteiger partial charge in [0.2, 0.25) is 0 Å². The van der Waals surface area contributed by atoms with Gasteiger partial charge in [-0.3, -0.25) is 0 Å². The molecule has 0 aromatic carbocycles. The van der Waals surface area contributed by atoms with Gasteiger partial charge in [-0.25, -0.2) is 0 Å². The summed E-state index contributed by atoms with van der Waals surface area (Å²) >= 11 is 5.67. The van der Waals surface area contributed by atoms with Crippen molar-refractivity contribution in [2.24, 2.45) is 0 Å². The maximum atomic E-state index is 5.67. The molecule has 0 aliphatic heterocycles. The van der Waals surface area contributed by atoms with Crippen molar-refractivity contribution in [1.82, 2.24) is 0 Å². The van der Waals surface area contributed by atoms with E-state index in [1.165, 1.54) is 0 Å². The van der Waals surface area contributed by atoms with Crippen molar-refractivity contribution in [1.29, 1.82) is 0 Å². The normalized spacial score (nSPS) is 13.5. The third kappa shape index (κ3) is 1.54. The summed E-state index contributed by atoms with van der Waals surface area (Å²) in [5.74, 6) is 1.46. The molecule has 0 N–H and O–H groups in total. The van der Waals surface area contributed by atoms with E-state index in [1.54, 1.807) is 6.26 Å². The second kappa shape index (κ2) is 3.11. The van der Waals surface area contributed by atoms with Gasteiger partial charge in [0, 0.05) is 5.92 Å². The Kier molecular flexibility index (Phi) is 2.39. The van der Waals surface area contributed by atoms with E-state index in [-0.39, 0.29) is 0 Å². The Morgan fingerprint density at radius 2 is 2.40 bits per heavy atom.